The molecule has 2 aromatic carbocycles. The number of amides is 1. The quantitative estimate of drug-likeness (QED) is 0.679. The third kappa shape index (κ3) is 4.68. The number of nitrogens with zero attached hydrogens (tertiary/aromatic N) is 2. The van der Waals surface area contributed by atoms with Gasteiger partial charge in [-0.15, -0.1) is 0 Å². The Bertz CT molecular complexity index is 802. The van der Waals surface area contributed by atoms with E-state index in [9.17, 15) is 4.79 Å². The molecule has 0 bridgehead atoms. The third-order valence-electron chi connectivity index (χ3n) is 3.63. The van der Waals surface area contributed by atoms with Gasteiger partial charge in [-0.25, -0.2) is 5.43 Å². The maximum Gasteiger partial charge on any atom is 0.277 e. The number of ether oxygens (including phenoxy) is 1. The number of nitriles is 1. The van der Waals surface area contributed by atoms with Gasteiger partial charge in [0.15, 0.2) is 6.61 Å². The molecule has 0 heterocycles. The molecule has 0 spiro atoms. The number of hydrogen-bond donors (Lipinski definition) is 1. The highest BCUT2D eigenvalue weighted by molar-refractivity contribution is 5.99. The predicted molar refractivity (Wildman–Crippen MR) is 92.9 cm³/mol. The van der Waals surface area contributed by atoms with Gasteiger partial charge in [0.25, 0.3) is 5.91 Å². The predicted octanol–water partition coefficient (Wildman–Crippen LogP) is 3.09. The largest absolute Gasteiger partial charge is 0.484 e. The van der Waals surface area contributed by atoms with E-state index in [0.29, 0.717) is 11.3 Å². The lowest BCUT2D eigenvalue weighted by atomic mass is 10.0. The number of benzene rings is 2. The Balaban J connectivity index is 1.89. The van der Waals surface area contributed by atoms with Gasteiger partial charge in [-0.05, 0) is 67.8 Å². The fourth-order valence-corrected chi connectivity index (χ4v) is 1.98. The molecule has 5 nitrogen and oxygen atoms in total. The normalized spacial score (nSPS) is 10.8. The van der Waals surface area contributed by atoms with Crippen molar-refractivity contribution in [3.8, 4) is 11.8 Å². The second-order valence-electron chi connectivity index (χ2n) is 5.46. The Kier molecular flexibility index (Phi) is 5.69. The van der Waals surface area contributed by atoms with E-state index in [-0.39, 0.29) is 12.5 Å². The van der Waals surface area contributed by atoms with E-state index in [1.807, 2.05) is 45.0 Å². The van der Waals surface area contributed by atoms with Crippen LogP contribution in [0, 0.1) is 25.2 Å². The van der Waals surface area contributed by atoms with Crippen LogP contribution in [0.4, 0.5) is 0 Å². The van der Waals surface area contributed by atoms with E-state index in [0.717, 1.165) is 11.3 Å². The van der Waals surface area contributed by atoms with Crippen LogP contribution in [0.15, 0.2) is 47.6 Å². The summed E-state index contributed by atoms with van der Waals surface area (Å²) in [4.78, 5) is 11.8. The van der Waals surface area contributed by atoms with Crippen LogP contribution in [0.3, 0.4) is 0 Å². The zero-order valence-corrected chi connectivity index (χ0v) is 14.0. The van der Waals surface area contributed by atoms with Gasteiger partial charge in [-0.1, -0.05) is 12.1 Å². The molecule has 0 saturated heterocycles. The Morgan fingerprint density at radius 2 is 1.88 bits per heavy atom. The molecular formula is C19H19N3O2. The summed E-state index contributed by atoms with van der Waals surface area (Å²) in [6, 6.07) is 14.6. The Labute approximate surface area is 141 Å². The lowest BCUT2D eigenvalue weighted by molar-refractivity contribution is -0.123. The van der Waals surface area contributed by atoms with E-state index >= 15 is 0 Å². The lowest BCUT2D eigenvalue weighted by Gasteiger charge is -2.07. The molecule has 0 atom stereocenters. The summed E-state index contributed by atoms with van der Waals surface area (Å²) in [5, 5.41) is 12.8. The molecular weight excluding hydrogens is 302 g/mol. The van der Waals surface area contributed by atoms with Crippen molar-refractivity contribution in [1.29, 1.82) is 5.26 Å². The number of aryl methyl sites for hydroxylation is 2. The molecule has 1 N–H and O–H groups in total. The SMILES string of the molecule is C/C(=N\NC(=O)COc1ccc(C#N)cc1)c1ccc(C)c(C)c1. The van der Waals surface area contributed by atoms with Gasteiger partial charge >= 0.3 is 0 Å². The highest BCUT2D eigenvalue weighted by Gasteiger charge is 2.04. The molecule has 2 rings (SSSR count). The summed E-state index contributed by atoms with van der Waals surface area (Å²) >= 11 is 0. The van der Waals surface area contributed by atoms with Gasteiger partial charge in [0.05, 0.1) is 17.3 Å². The molecule has 0 unspecified atom stereocenters. The van der Waals surface area contributed by atoms with Crippen LogP contribution in [0.25, 0.3) is 0 Å². The molecule has 24 heavy (non-hydrogen) atoms. The Hall–Kier alpha value is -3.13. The maximum atomic E-state index is 11.8. The van der Waals surface area contributed by atoms with Crippen LogP contribution < -0.4 is 10.2 Å². The topological polar surface area (TPSA) is 74.5 Å². The fourth-order valence-electron chi connectivity index (χ4n) is 1.98. The number of carbonyl (C=O) groups is 1. The van der Waals surface area contributed by atoms with E-state index < -0.39 is 0 Å². The summed E-state index contributed by atoms with van der Waals surface area (Å²) in [5.41, 5.74) is 7.11. The monoisotopic (exact) mass is 321 g/mol. The van der Waals surface area contributed by atoms with Gasteiger partial charge < -0.3 is 4.74 Å². The highest BCUT2D eigenvalue weighted by atomic mass is 16.5. The maximum absolute atomic E-state index is 11.8. The molecule has 0 aromatic heterocycles. The summed E-state index contributed by atoms with van der Waals surface area (Å²) in [7, 11) is 0. The van der Waals surface area contributed by atoms with Crippen molar-refractivity contribution >= 4 is 11.6 Å². The van der Waals surface area contributed by atoms with E-state index in [4.69, 9.17) is 10.00 Å². The standard InChI is InChI=1S/C19H19N3O2/c1-13-4-7-17(10-14(13)2)15(3)21-22-19(23)12-24-18-8-5-16(11-20)6-9-18/h4-10H,12H2,1-3H3,(H,22,23)/b21-15+. The Morgan fingerprint density at radius 3 is 2.50 bits per heavy atom. The first-order chi connectivity index (χ1) is 11.5. The fraction of sp³-hybridized carbons (Fsp3) is 0.211. The first-order valence-corrected chi connectivity index (χ1v) is 7.53. The van der Waals surface area contributed by atoms with Crippen LogP contribution in [-0.2, 0) is 4.79 Å². The Morgan fingerprint density at radius 1 is 1.17 bits per heavy atom. The van der Waals surface area contributed by atoms with E-state index in [2.05, 4.69) is 10.5 Å². The molecule has 0 saturated carbocycles. The molecule has 0 aliphatic rings. The number of hydrazone groups is 1. The van der Waals surface area contributed by atoms with Crippen molar-refractivity contribution < 1.29 is 9.53 Å². The van der Waals surface area contributed by atoms with Crippen molar-refractivity contribution in [3.63, 3.8) is 0 Å². The minimum absolute atomic E-state index is 0.143. The van der Waals surface area contributed by atoms with Crippen molar-refractivity contribution in [2.45, 2.75) is 20.8 Å². The average Bonchev–Trinajstić information content (AvgIpc) is 2.60. The van der Waals surface area contributed by atoms with E-state index in [1.54, 1.807) is 24.3 Å². The van der Waals surface area contributed by atoms with E-state index in [1.165, 1.54) is 11.1 Å². The lowest BCUT2D eigenvalue weighted by Crippen LogP contribution is -2.25. The van der Waals surface area contributed by atoms with Crippen LogP contribution in [-0.4, -0.2) is 18.2 Å². The first kappa shape index (κ1) is 17.2. The third-order valence-corrected chi connectivity index (χ3v) is 3.63. The van der Waals surface area contributed by atoms with Crippen molar-refractivity contribution in [1.82, 2.24) is 5.43 Å². The van der Waals surface area contributed by atoms with Crippen LogP contribution in [0.5, 0.6) is 5.75 Å². The van der Waals surface area contributed by atoms with Crippen molar-refractivity contribution in [3.05, 3.63) is 64.7 Å². The summed E-state index contributed by atoms with van der Waals surface area (Å²) in [5.74, 6) is 0.182. The van der Waals surface area contributed by atoms with Crippen molar-refractivity contribution in [2.24, 2.45) is 5.10 Å². The van der Waals surface area contributed by atoms with Crippen molar-refractivity contribution in [2.75, 3.05) is 6.61 Å². The first-order valence-electron chi connectivity index (χ1n) is 7.53. The molecule has 5 heteroatoms. The van der Waals surface area contributed by atoms with Crippen LogP contribution >= 0.6 is 0 Å². The number of nitrogens with one attached hydrogen (secondary N) is 1. The smallest absolute Gasteiger partial charge is 0.277 e. The zero-order chi connectivity index (χ0) is 17.5. The number of hydrogen-bond acceptors (Lipinski definition) is 4. The van der Waals surface area contributed by atoms with Crippen LogP contribution in [0.1, 0.15) is 29.2 Å². The zero-order valence-electron chi connectivity index (χ0n) is 14.0. The molecule has 0 aliphatic carbocycles. The summed E-state index contributed by atoms with van der Waals surface area (Å²) in [6.45, 7) is 5.78. The molecule has 0 radical (unpaired) electrons. The van der Waals surface area contributed by atoms with Crippen LogP contribution in [0.2, 0.25) is 0 Å². The minimum Gasteiger partial charge on any atom is -0.484 e. The highest BCUT2D eigenvalue weighted by Crippen LogP contribution is 2.12. The second kappa shape index (κ2) is 7.93. The molecule has 1 amide bonds. The summed E-state index contributed by atoms with van der Waals surface area (Å²) in [6.07, 6.45) is 0. The molecule has 122 valence electrons. The molecule has 0 aliphatic heterocycles. The van der Waals surface area contributed by atoms with Gasteiger partial charge in [0, 0.05) is 0 Å². The molecule has 2 aromatic rings. The van der Waals surface area contributed by atoms with Gasteiger partial charge in [0.2, 0.25) is 0 Å². The minimum atomic E-state index is -0.345. The second-order valence-corrected chi connectivity index (χ2v) is 5.46. The number of carbonyl (C=O) groups excluding carboxylic acids is 1. The molecule has 0 fully saturated rings. The average molecular weight is 321 g/mol. The summed E-state index contributed by atoms with van der Waals surface area (Å²) < 4.78 is 5.35. The number of rotatable bonds is 5. The van der Waals surface area contributed by atoms with Gasteiger partial charge in [0.1, 0.15) is 5.75 Å². The van der Waals surface area contributed by atoms with Gasteiger partial charge in [-0.2, -0.15) is 10.4 Å². The van der Waals surface area contributed by atoms with Gasteiger partial charge in [-0.3, -0.25) is 4.79 Å².